The molecule has 0 aromatic rings. The molecule has 0 fully saturated rings. The van der Waals surface area contributed by atoms with Crippen LogP contribution in [-0.4, -0.2) is 19.0 Å². The van der Waals surface area contributed by atoms with Gasteiger partial charge in [-0.25, -0.2) is 0 Å². The first-order chi connectivity index (χ1) is 7.17. The van der Waals surface area contributed by atoms with Crippen molar-refractivity contribution in [2.24, 2.45) is 0 Å². The van der Waals surface area contributed by atoms with Gasteiger partial charge in [0, 0.05) is 0 Å². The first-order valence-electron chi connectivity index (χ1n) is 6.13. The highest BCUT2D eigenvalue weighted by molar-refractivity contribution is 6.57. The molecule has 0 aromatic heterocycles. The second kappa shape index (κ2) is 5.05. The van der Waals surface area contributed by atoms with Crippen LogP contribution in [0.1, 0.15) is 54.4 Å². The lowest BCUT2D eigenvalue weighted by Crippen LogP contribution is -2.19. The van der Waals surface area contributed by atoms with Gasteiger partial charge in [-0.3, -0.25) is 0 Å². The number of allylic oxidation sites excluding steroid dienone is 4. The molecule has 0 saturated heterocycles. The van der Waals surface area contributed by atoms with Crippen LogP contribution in [0, 0.1) is 0 Å². The van der Waals surface area contributed by atoms with Crippen molar-refractivity contribution in [3.63, 3.8) is 0 Å². The van der Waals surface area contributed by atoms with Crippen molar-refractivity contribution in [3.8, 4) is 0 Å². The normalized spacial score (nSPS) is 18.1. The molecule has 0 unspecified atom stereocenters. The van der Waals surface area contributed by atoms with Crippen molar-refractivity contribution in [2.75, 3.05) is 0 Å². The molecule has 0 aliphatic heterocycles. The highest BCUT2D eigenvalue weighted by atomic mass is 28.2. The zero-order chi connectivity index (χ0) is 12.4. The molecule has 0 spiro atoms. The van der Waals surface area contributed by atoms with E-state index in [1.165, 1.54) is 12.8 Å². The fourth-order valence-electron chi connectivity index (χ4n) is 1.77. The van der Waals surface area contributed by atoms with E-state index in [0.717, 1.165) is 19.0 Å². The van der Waals surface area contributed by atoms with E-state index in [2.05, 4.69) is 53.7 Å². The third-order valence-corrected chi connectivity index (χ3v) is 5.52. The van der Waals surface area contributed by atoms with Crippen LogP contribution in [0.15, 0.2) is 22.5 Å². The third-order valence-electron chi connectivity index (χ3n) is 2.21. The van der Waals surface area contributed by atoms with Gasteiger partial charge >= 0.3 is 0 Å². The summed E-state index contributed by atoms with van der Waals surface area (Å²) in [6.45, 7) is 14.1. The van der Waals surface area contributed by atoms with Gasteiger partial charge in [0.2, 0.25) is 0 Å². The van der Waals surface area contributed by atoms with Crippen LogP contribution in [0.3, 0.4) is 0 Å². The van der Waals surface area contributed by atoms with Crippen LogP contribution >= 0.6 is 0 Å². The van der Waals surface area contributed by atoms with Gasteiger partial charge in [-0.05, 0) is 22.9 Å². The first kappa shape index (κ1) is 14.0. The summed E-state index contributed by atoms with van der Waals surface area (Å²) in [6, 6.07) is 0. The third kappa shape index (κ3) is 5.31. The van der Waals surface area contributed by atoms with Gasteiger partial charge in [-0.15, -0.1) is 0 Å². The summed E-state index contributed by atoms with van der Waals surface area (Å²) in [5.74, 6) is 0. The zero-order valence-electron chi connectivity index (χ0n) is 11.6. The van der Waals surface area contributed by atoms with Gasteiger partial charge in [0.25, 0.3) is 0 Å². The molecule has 2 heteroatoms. The van der Waals surface area contributed by atoms with Gasteiger partial charge in [-0.1, -0.05) is 64.1 Å². The Morgan fingerprint density at radius 3 is 2.00 bits per heavy atom. The summed E-state index contributed by atoms with van der Waals surface area (Å²) in [6.07, 6.45) is 7.28. The smallest absolute Gasteiger partial charge is 0.0856 e. The number of hydrogen-bond donors (Lipinski definition) is 0. The van der Waals surface area contributed by atoms with E-state index in [-0.39, 0.29) is 0 Å². The average molecular weight is 249 g/mol. The molecule has 0 amide bonds. The molecule has 4 radical (unpaired) electrons. The fraction of sp³-hybridized carbons (Fsp3) is 0.714. The van der Waals surface area contributed by atoms with Crippen molar-refractivity contribution in [2.45, 2.75) is 64.5 Å². The Bertz CT molecular complexity index is 298. The maximum atomic E-state index is 2.39. The molecule has 0 atom stereocenters. The fourth-order valence-corrected chi connectivity index (χ4v) is 4.82. The molecule has 88 valence electrons. The lowest BCUT2D eigenvalue weighted by molar-refractivity contribution is 0.748. The van der Waals surface area contributed by atoms with E-state index >= 15 is 0 Å². The van der Waals surface area contributed by atoms with Crippen molar-refractivity contribution in [3.05, 3.63) is 22.5 Å². The predicted octanol–water partition coefficient (Wildman–Crippen LogP) is 4.39. The maximum absolute atomic E-state index is 2.39. The summed E-state index contributed by atoms with van der Waals surface area (Å²) >= 11 is 0. The molecule has 0 bridgehead atoms. The van der Waals surface area contributed by atoms with E-state index in [1.807, 2.05) is 0 Å². The average Bonchev–Trinajstić information content (AvgIpc) is 2.03. The molecule has 0 aromatic carbocycles. The Hall–Kier alpha value is -0.0862. The lowest BCUT2D eigenvalue weighted by Gasteiger charge is -2.26. The Labute approximate surface area is 106 Å². The van der Waals surface area contributed by atoms with Crippen LogP contribution in [0.5, 0.6) is 0 Å². The molecule has 0 saturated carbocycles. The van der Waals surface area contributed by atoms with Crippen molar-refractivity contribution in [1.82, 2.24) is 0 Å². The molecule has 0 heterocycles. The second-order valence-electron chi connectivity index (χ2n) is 6.58. The quantitative estimate of drug-likeness (QED) is 0.636. The molecular weight excluding hydrogens is 224 g/mol. The van der Waals surface area contributed by atoms with E-state index in [1.54, 1.807) is 10.4 Å². The van der Waals surface area contributed by atoms with Crippen LogP contribution < -0.4 is 0 Å². The van der Waals surface area contributed by atoms with Gasteiger partial charge in [-0.2, -0.15) is 0 Å². The Kier molecular flexibility index (Phi) is 4.41. The Balaban J connectivity index is 2.85. The molecule has 1 rings (SSSR count). The molecule has 16 heavy (non-hydrogen) atoms. The minimum Gasteiger partial charge on any atom is -0.0856 e. The second-order valence-corrected chi connectivity index (χ2v) is 11.2. The molecule has 1 aliphatic rings. The van der Waals surface area contributed by atoms with E-state index in [9.17, 15) is 0 Å². The minimum absolute atomic E-state index is 0.435. The molecule has 0 nitrogen and oxygen atoms in total. The Morgan fingerprint density at radius 2 is 1.50 bits per heavy atom. The SMILES string of the molecule is CC(C)(C)[Si]C1=C([Si]C(C)(C)C)CCC=C1. The maximum Gasteiger partial charge on any atom is 0.0862 e. The minimum atomic E-state index is 0.435. The van der Waals surface area contributed by atoms with E-state index < -0.39 is 0 Å². The van der Waals surface area contributed by atoms with E-state index in [4.69, 9.17) is 0 Å². The van der Waals surface area contributed by atoms with Crippen molar-refractivity contribution >= 4 is 19.0 Å². The number of rotatable bonds is 2. The molecule has 1 aliphatic carbocycles. The van der Waals surface area contributed by atoms with Crippen molar-refractivity contribution in [1.29, 1.82) is 0 Å². The van der Waals surface area contributed by atoms with Gasteiger partial charge in [0.1, 0.15) is 0 Å². The van der Waals surface area contributed by atoms with Gasteiger partial charge in [0.05, 0.1) is 19.0 Å². The highest BCUT2D eigenvalue weighted by Gasteiger charge is 2.21. The largest absolute Gasteiger partial charge is 0.0862 e. The molecule has 0 N–H and O–H groups in total. The highest BCUT2D eigenvalue weighted by Crippen LogP contribution is 2.32. The van der Waals surface area contributed by atoms with Gasteiger partial charge < -0.3 is 0 Å². The van der Waals surface area contributed by atoms with Crippen LogP contribution in [-0.2, 0) is 0 Å². The van der Waals surface area contributed by atoms with Crippen LogP contribution in [0.25, 0.3) is 0 Å². The summed E-state index contributed by atoms with van der Waals surface area (Å²) in [5.41, 5.74) is 0. The summed E-state index contributed by atoms with van der Waals surface area (Å²) < 4.78 is 0. The molecular formula is C14H24Si2. The van der Waals surface area contributed by atoms with Crippen molar-refractivity contribution < 1.29 is 0 Å². The monoisotopic (exact) mass is 248 g/mol. The Morgan fingerprint density at radius 1 is 0.938 bits per heavy atom. The van der Waals surface area contributed by atoms with Gasteiger partial charge in [0.15, 0.2) is 0 Å². The van der Waals surface area contributed by atoms with Crippen LogP contribution in [0.4, 0.5) is 0 Å². The summed E-state index contributed by atoms with van der Waals surface area (Å²) in [7, 11) is 1.95. The predicted molar refractivity (Wildman–Crippen MR) is 76.3 cm³/mol. The summed E-state index contributed by atoms with van der Waals surface area (Å²) in [5, 5.41) is 4.27. The standard InChI is InChI=1S/C14H24Si2/c1-13(2,3)15-11-9-7-8-10-12(11)16-14(4,5)6/h7,9H,8,10H2,1-6H3. The van der Waals surface area contributed by atoms with E-state index in [0.29, 0.717) is 10.1 Å². The number of hydrogen-bond acceptors (Lipinski definition) is 0. The first-order valence-corrected chi connectivity index (χ1v) is 8.13. The summed E-state index contributed by atoms with van der Waals surface area (Å²) in [4.78, 5) is 0. The zero-order valence-corrected chi connectivity index (χ0v) is 13.6. The van der Waals surface area contributed by atoms with Crippen LogP contribution in [0.2, 0.25) is 10.1 Å². The topological polar surface area (TPSA) is 0 Å². The lowest BCUT2D eigenvalue weighted by atomic mass is 10.2.